The number of hydrogen-bond donors (Lipinski definition) is 1. The lowest BCUT2D eigenvalue weighted by atomic mass is 10.1. The van der Waals surface area contributed by atoms with Crippen LogP contribution in [0.2, 0.25) is 0 Å². The molecular formula is C15H19N3. The normalized spacial score (nSPS) is 10.3. The third-order valence-corrected chi connectivity index (χ3v) is 3.06. The van der Waals surface area contributed by atoms with Crippen LogP contribution in [0.4, 0.5) is 11.5 Å². The Labute approximate surface area is 108 Å². The minimum absolute atomic E-state index is 0.577. The van der Waals surface area contributed by atoms with Crippen LogP contribution in [0.25, 0.3) is 0 Å². The average Bonchev–Trinajstić information content (AvgIpc) is 2.37. The Bertz CT molecular complexity index is 523. The summed E-state index contributed by atoms with van der Waals surface area (Å²) in [6.45, 7) is 6.12. The van der Waals surface area contributed by atoms with E-state index in [1.54, 1.807) is 6.20 Å². The van der Waals surface area contributed by atoms with Crippen molar-refractivity contribution in [3.05, 3.63) is 53.7 Å². The van der Waals surface area contributed by atoms with Crippen LogP contribution in [0.5, 0.6) is 0 Å². The van der Waals surface area contributed by atoms with Crippen LogP contribution in [-0.4, -0.2) is 11.5 Å². The molecule has 0 atom stereocenters. The second kappa shape index (κ2) is 5.54. The van der Waals surface area contributed by atoms with Gasteiger partial charge in [-0.1, -0.05) is 18.2 Å². The van der Waals surface area contributed by atoms with Crippen LogP contribution in [0.15, 0.2) is 42.6 Å². The van der Waals surface area contributed by atoms with Crippen LogP contribution in [0.1, 0.15) is 18.1 Å². The molecule has 18 heavy (non-hydrogen) atoms. The van der Waals surface area contributed by atoms with Crippen molar-refractivity contribution in [1.82, 2.24) is 4.98 Å². The number of para-hydroxylation sites is 1. The molecule has 2 aromatic rings. The summed E-state index contributed by atoms with van der Waals surface area (Å²) in [4.78, 5) is 6.36. The highest BCUT2D eigenvalue weighted by molar-refractivity contribution is 5.53. The summed E-state index contributed by atoms with van der Waals surface area (Å²) in [6.07, 6.45) is 1.76. The molecule has 0 aliphatic rings. The molecule has 0 radical (unpaired) electrons. The minimum atomic E-state index is 0.577. The SMILES string of the molecule is CCN(Cc1ccnc(N)c1)c1ccccc1C. The zero-order valence-electron chi connectivity index (χ0n) is 10.9. The first-order chi connectivity index (χ1) is 8.70. The van der Waals surface area contributed by atoms with Crippen molar-refractivity contribution in [1.29, 1.82) is 0 Å². The Morgan fingerprint density at radius 3 is 2.67 bits per heavy atom. The monoisotopic (exact) mass is 241 g/mol. The average molecular weight is 241 g/mol. The van der Waals surface area contributed by atoms with Crippen LogP contribution in [0, 0.1) is 6.92 Å². The van der Waals surface area contributed by atoms with E-state index in [-0.39, 0.29) is 0 Å². The van der Waals surface area contributed by atoms with Crippen molar-refractivity contribution in [2.45, 2.75) is 20.4 Å². The molecule has 2 N–H and O–H groups in total. The number of benzene rings is 1. The fourth-order valence-electron chi connectivity index (χ4n) is 2.10. The van der Waals surface area contributed by atoms with Crippen LogP contribution in [0.3, 0.4) is 0 Å². The number of nitrogen functional groups attached to an aromatic ring is 1. The van der Waals surface area contributed by atoms with Crippen molar-refractivity contribution in [3.63, 3.8) is 0 Å². The van der Waals surface area contributed by atoms with Gasteiger partial charge in [0.15, 0.2) is 0 Å². The predicted molar refractivity (Wildman–Crippen MR) is 76.6 cm³/mol. The van der Waals surface area contributed by atoms with Gasteiger partial charge in [0.25, 0.3) is 0 Å². The van der Waals surface area contributed by atoms with Gasteiger partial charge in [0, 0.05) is 25.0 Å². The molecule has 0 aliphatic carbocycles. The molecule has 1 aromatic heterocycles. The number of aromatic nitrogens is 1. The Balaban J connectivity index is 2.23. The molecule has 94 valence electrons. The summed E-state index contributed by atoms with van der Waals surface area (Å²) in [5.41, 5.74) is 9.47. The molecule has 1 heterocycles. The largest absolute Gasteiger partial charge is 0.384 e. The lowest BCUT2D eigenvalue weighted by molar-refractivity contribution is 0.827. The summed E-state index contributed by atoms with van der Waals surface area (Å²) in [6, 6.07) is 12.4. The van der Waals surface area contributed by atoms with E-state index < -0.39 is 0 Å². The van der Waals surface area contributed by atoms with Gasteiger partial charge in [-0.2, -0.15) is 0 Å². The summed E-state index contributed by atoms with van der Waals surface area (Å²) < 4.78 is 0. The van der Waals surface area contributed by atoms with Gasteiger partial charge in [-0.15, -0.1) is 0 Å². The molecule has 0 amide bonds. The summed E-state index contributed by atoms with van der Waals surface area (Å²) in [7, 11) is 0. The minimum Gasteiger partial charge on any atom is -0.384 e. The molecule has 0 saturated carbocycles. The van der Waals surface area contributed by atoms with Crippen molar-refractivity contribution < 1.29 is 0 Å². The van der Waals surface area contributed by atoms with Crippen molar-refractivity contribution in [2.24, 2.45) is 0 Å². The first-order valence-electron chi connectivity index (χ1n) is 6.21. The molecule has 0 unspecified atom stereocenters. The molecule has 0 bridgehead atoms. The summed E-state index contributed by atoms with van der Waals surface area (Å²) >= 11 is 0. The maximum Gasteiger partial charge on any atom is 0.123 e. The van der Waals surface area contributed by atoms with E-state index in [0.717, 1.165) is 13.1 Å². The lowest BCUT2D eigenvalue weighted by Gasteiger charge is -2.25. The van der Waals surface area contributed by atoms with Crippen LogP contribution >= 0.6 is 0 Å². The van der Waals surface area contributed by atoms with Gasteiger partial charge in [-0.25, -0.2) is 4.98 Å². The maximum absolute atomic E-state index is 5.71. The van der Waals surface area contributed by atoms with Gasteiger partial charge >= 0.3 is 0 Å². The lowest BCUT2D eigenvalue weighted by Crippen LogP contribution is -2.22. The fourth-order valence-corrected chi connectivity index (χ4v) is 2.10. The Kier molecular flexibility index (Phi) is 3.82. The maximum atomic E-state index is 5.71. The third kappa shape index (κ3) is 2.80. The fraction of sp³-hybridized carbons (Fsp3) is 0.267. The Hall–Kier alpha value is -2.03. The Morgan fingerprint density at radius 1 is 1.22 bits per heavy atom. The van der Waals surface area contributed by atoms with Gasteiger partial charge in [0.1, 0.15) is 5.82 Å². The van der Waals surface area contributed by atoms with Crippen molar-refractivity contribution >= 4 is 11.5 Å². The molecule has 0 aliphatic heterocycles. The number of nitrogens with two attached hydrogens (primary N) is 1. The number of anilines is 2. The van der Waals surface area contributed by atoms with Gasteiger partial charge in [-0.05, 0) is 43.2 Å². The highest BCUT2D eigenvalue weighted by Gasteiger charge is 2.07. The highest BCUT2D eigenvalue weighted by atomic mass is 15.1. The molecule has 3 nitrogen and oxygen atoms in total. The second-order valence-electron chi connectivity index (χ2n) is 4.39. The molecule has 0 saturated heterocycles. The van der Waals surface area contributed by atoms with Gasteiger partial charge in [-0.3, -0.25) is 0 Å². The quantitative estimate of drug-likeness (QED) is 0.894. The van der Waals surface area contributed by atoms with E-state index in [4.69, 9.17) is 5.73 Å². The number of aryl methyl sites for hydroxylation is 1. The van der Waals surface area contributed by atoms with E-state index in [2.05, 4.69) is 48.0 Å². The van der Waals surface area contributed by atoms with Gasteiger partial charge in [0.2, 0.25) is 0 Å². The number of nitrogens with zero attached hydrogens (tertiary/aromatic N) is 2. The zero-order valence-corrected chi connectivity index (χ0v) is 10.9. The van der Waals surface area contributed by atoms with Crippen LogP contribution < -0.4 is 10.6 Å². The van der Waals surface area contributed by atoms with E-state index in [1.165, 1.54) is 16.8 Å². The molecule has 2 rings (SSSR count). The highest BCUT2D eigenvalue weighted by Crippen LogP contribution is 2.21. The van der Waals surface area contributed by atoms with E-state index in [0.29, 0.717) is 5.82 Å². The summed E-state index contributed by atoms with van der Waals surface area (Å²) in [5, 5.41) is 0. The molecule has 0 fully saturated rings. The van der Waals surface area contributed by atoms with Gasteiger partial charge < -0.3 is 10.6 Å². The zero-order chi connectivity index (χ0) is 13.0. The number of pyridine rings is 1. The third-order valence-electron chi connectivity index (χ3n) is 3.06. The van der Waals surface area contributed by atoms with E-state index in [1.807, 2.05) is 12.1 Å². The molecule has 3 heteroatoms. The topological polar surface area (TPSA) is 42.2 Å². The Morgan fingerprint density at radius 2 is 2.00 bits per heavy atom. The van der Waals surface area contributed by atoms with E-state index >= 15 is 0 Å². The predicted octanol–water partition coefficient (Wildman–Crippen LogP) is 3.00. The molecule has 0 spiro atoms. The molecule has 1 aromatic carbocycles. The molecular weight excluding hydrogens is 222 g/mol. The van der Waals surface area contributed by atoms with E-state index in [9.17, 15) is 0 Å². The number of rotatable bonds is 4. The van der Waals surface area contributed by atoms with Crippen LogP contribution in [-0.2, 0) is 6.54 Å². The summed E-state index contributed by atoms with van der Waals surface area (Å²) in [5.74, 6) is 0.577. The standard InChI is InChI=1S/C15H19N3/c1-3-18(14-7-5-4-6-12(14)2)11-13-8-9-17-15(16)10-13/h4-10H,3,11H2,1-2H3,(H2,16,17). The second-order valence-corrected chi connectivity index (χ2v) is 4.39. The first-order valence-corrected chi connectivity index (χ1v) is 6.21. The smallest absolute Gasteiger partial charge is 0.123 e. The number of hydrogen-bond acceptors (Lipinski definition) is 3. The van der Waals surface area contributed by atoms with Crippen molar-refractivity contribution in [3.8, 4) is 0 Å². The van der Waals surface area contributed by atoms with Gasteiger partial charge in [0.05, 0.1) is 0 Å². The van der Waals surface area contributed by atoms with Crippen molar-refractivity contribution in [2.75, 3.05) is 17.2 Å². The first kappa shape index (κ1) is 12.4.